The number of hydrogen-bond acceptors (Lipinski definition) is 5. The number of fused-ring (bicyclic) bond motifs is 1. The van der Waals surface area contributed by atoms with Gasteiger partial charge in [-0.1, -0.05) is 18.6 Å². The van der Waals surface area contributed by atoms with Crippen molar-refractivity contribution in [2.75, 3.05) is 7.11 Å². The quantitative estimate of drug-likeness (QED) is 0.721. The van der Waals surface area contributed by atoms with E-state index in [2.05, 4.69) is 4.98 Å². The molecule has 0 aliphatic rings. The fourth-order valence-corrected chi connectivity index (χ4v) is 4.12. The van der Waals surface area contributed by atoms with Crippen LogP contribution in [0.5, 0.6) is 5.75 Å². The molecule has 2 aromatic heterocycles. The highest BCUT2D eigenvalue weighted by molar-refractivity contribution is 7.17. The molecule has 0 fully saturated rings. The Balaban J connectivity index is 2.42. The Hall–Kier alpha value is -2.67. The maximum Gasteiger partial charge on any atom is 0.329 e. The predicted octanol–water partition coefficient (Wildman–Crippen LogP) is 3.82. The van der Waals surface area contributed by atoms with Crippen LogP contribution in [0.4, 0.5) is 0 Å². The number of benzene rings is 1. The second-order valence-electron chi connectivity index (χ2n) is 6.92. The summed E-state index contributed by atoms with van der Waals surface area (Å²) >= 11 is 1.38. The smallest absolute Gasteiger partial charge is 0.329 e. The first-order chi connectivity index (χ1) is 12.7. The lowest BCUT2D eigenvalue weighted by Gasteiger charge is -2.25. The number of carbonyl (C=O) groups is 1. The first-order valence-electron chi connectivity index (χ1n) is 8.64. The molecular formula is C20H22N2O4S. The van der Waals surface area contributed by atoms with Crippen molar-refractivity contribution in [3.63, 3.8) is 0 Å². The fraction of sp³-hybridized carbons (Fsp3) is 0.350. The van der Waals surface area contributed by atoms with E-state index < -0.39 is 11.5 Å². The molecule has 1 N–H and O–H groups in total. The van der Waals surface area contributed by atoms with Crippen molar-refractivity contribution in [1.29, 1.82) is 0 Å². The van der Waals surface area contributed by atoms with Gasteiger partial charge in [-0.15, -0.1) is 11.3 Å². The molecule has 27 heavy (non-hydrogen) atoms. The molecular weight excluding hydrogens is 364 g/mol. The van der Waals surface area contributed by atoms with Crippen LogP contribution in [0.1, 0.15) is 32.2 Å². The average Bonchev–Trinajstić information content (AvgIpc) is 3.05. The van der Waals surface area contributed by atoms with Crippen LogP contribution in [-0.4, -0.2) is 27.7 Å². The molecule has 0 saturated carbocycles. The van der Waals surface area contributed by atoms with E-state index in [4.69, 9.17) is 4.74 Å². The Bertz CT molecular complexity index is 1100. The van der Waals surface area contributed by atoms with Crippen molar-refractivity contribution in [2.45, 2.75) is 39.7 Å². The van der Waals surface area contributed by atoms with Gasteiger partial charge < -0.3 is 9.84 Å². The van der Waals surface area contributed by atoms with E-state index >= 15 is 0 Å². The zero-order chi connectivity index (χ0) is 19.9. The van der Waals surface area contributed by atoms with E-state index in [9.17, 15) is 14.7 Å². The van der Waals surface area contributed by atoms with Gasteiger partial charge >= 0.3 is 5.97 Å². The fourth-order valence-electron chi connectivity index (χ4n) is 3.17. The van der Waals surface area contributed by atoms with Crippen LogP contribution in [0, 0.1) is 6.92 Å². The number of carboxylic acid groups (broad SMARTS) is 1. The zero-order valence-electron chi connectivity index (χ0n) is 16.0. The molecule has 1 aromatic carbocycles. The maximum atomic E-state index is 13.4. The summed E-state index contributed by atoms with van der Waals surface area (Å²) in [5, 5.41) is 12.0. The van der Waals surface area contributed by atoms with Gasteiger partial charge in [-0.25, -0.2) is 9.78 Å². The van der Waals surface area contributed by atoms with Crippen LogP contribution in [0.3, 0.4) is 0 Å². The molecule has 0 saturated heterocycles. The summed E-state index contributed by atoms with van der Waals surface area (Å²) in [6.45, 7) is 6.86. The molecule has 0 aliphatic carbocycles. The van der Waals surface area contributed by atoms with Gasteiger partial charge in [0, 0.05) is 22.9 Å². The lowest BCUT2D eigenvalue weighted by Crippen LogP contribution is -2.44. The second kappa shape index (κ2) is 6.81. The molecule has 3 rings (SSSR count). The molecule has 0 unspecified atom stereocenters. The highest BCUT2D eigenvalue weighted by Gasteiger charge is 2.34. The van der Waals surface area contributed by atoms with Crippen molar-refractivity contribution < 1.29 is 14.6 Å². The molecule has 2 heterocycles. The minimum absolute atomic E-state index is 0.343. The summed E-state index contributed by atoms with van der Waals surface area (Å²) in [5.41, 5.74) is 0.801. The minimum atomic E-state index is -1.40. The molecule has 3 aromatic rings. The summed E-state index contributed by atoms with van der Waals surface area (Å²) in [6.07, 6.45) is 0.461. The molecule has 0 atom stereocenters. The number of aliphatic carboxylic acids is 1. The van der Waals surface area contributed by atoms with Crippen LogP contribution in [0.15, 0.2) is 28.4 Å². The van der Waals surface area contributed by atoms with Crippen LogP contribution >= 0.6 is 11.3 Å². The second-order valence-corrected chi connectivity index (χ2v) is 7.78. The van der Waals surface area contributed by atoms with E-state index in [1.165, 1.54) is 29.8 Å². The van der Waals surface area contributed by atoms with Gasteiger partial charge in [0.2, 0.25) is 0 Å². The molecule has 6 nitrogen and oxygen atoms in total. The van der Waals surface area contributed by atoms with Crippen molar-refractivity contribution in [2.24, 2.45) is 0 Å². The van der Waals surface area contributed by atoms with Crippen LogP contribution in [0.2, 0.25) is 0 Å². The Morgan fingerprint density at radius 3 is 2.63 bits per heavy atom. The molecule has 7 heteroatoms. The van der Waals surface area contributed by atoms with Crippen molar-refractivity contribution in [3.8, 4) is 16.9 Å². The third kappa shape index (κ3) is 3.02. The van der Waals surface area contributed by atoms with Gasteiger partial charge in [-0.05, 0) is 32.9 Å². The van der Waals surface area contributed by atoms with Gasteiger partial charge in [0.1, 0.15) is 21.9 Å². The van der Waals surface area contributed by atoms with Gasteiger partial charge in [0.25, 0.3) is 5.56 Å². The predicted molar refractivity (Wildman–Crippen MR) is 107 cm³/mol. The Kier molecular flexibility index (Phi) is 4.82. The Morgan fingerprint density at radius 2 is 2.04 bits per heavy atom. The lowest BCUT2D eigenvalue weighted by atomic mass is 10.0. The Labute approximate surface area is 161 Å². The van der Waals surface area contributed by atoms with Gasteiger partial charge in [0.15, 0.2) is 0 Å². The normalized spacial score (nSPS) is 11.7. The average molecular weight is 386 g/mol. The third-order valence-corrected chi connectivity index (χ3v) is 5.59. The molecule has 0 spiro atoms. The first kappa shape index (κ1) is 19.1. The summed E-state index contributed by atoms with van der Waals surface area (Å²) in [5.74, 6) is 0.0400. The number of nitrogens with zero attached hydrogens (tertiary/aromatic N) is 2. The van der Waals surface area contributed by atoms with Crippen LogP contribution < -0.4 is 10.3 Å². The number of hydrogen-bond donors (Lipinski definition) is 1. The highest BCUT2D eigenvalue weighted by Crippen LogP contribution is 2.37. The third-order valence-electron chi connectivity index (χ3n) is 4.72. The topological polar surface area (TPSA) is 81.4 Å². The molecule has 142 valence electrons. The summed E-state index contributed by atoms with van der Waals surface area (Å²) in [4.78, 5) is 30.4. The molecule has 0 aliphatic heterocycles. The number of aromatic nitrogens is 2. The number of aryl methyl sites for hydroxylation is 2. The number of thiophene rings is 1. The summed E-state index contributed by atoms with van der Waals surface area (Å²) in [6, 6.07) is 5.76. The van der Waals surface area contributed by atoms with Gasteiger partial charge in [0.05, 0.1) is 12.5 Å². The summed E-state index contributed by atoms with van der Waals surface area (Å²) in [7, 11) is 1.59. The van der Waals surface area contributed by atoms with Crippen LogP contribution in [0.25, 0.3) is 21.3 Å². The number of carboxylic acids is 1. The highest BCUT2D eigenvalue weighted by atomic mass is 32.1. The lowest BCUT2D eigenvalue weighted by molar-refractivity contribution is -0.146. The van der Waals surface area contributed by atoms with Crippen LogP contribution in [-0.2, 0) is 16.8 Å². The monoisotopic (exact) mass is 386 g/mol. The molecule has 0 radical (unpaired) electrons. The number of ether oxygens (including phenoxy) is 1. The summed E-state index contributed by atoms with van der Waals surface area (Å²) < 4.78 is 6.78. The molecule has 0 bridgehead atoms. The standard InChI is InChI=1S/C20H22N2O4S/c1-6-15-21-17-16(18(23)22(15)20(3,4)19(24)25)13(10-27-17)12-9-11(2)7-8-14(12)26-5/h7-10H,6H2,1-5H3,(H,24,25). The van der Waals surface area contributed by atoms with E-state index in [0.717, 1.165) is 11.1 Å². The van der Waals surface area contributed by atoms with E-state index in [1.807, 2.05) is 37.4 Å². The van der Waals surface area contributed by atoms with Gasteiger partial charge in [-0.2, -0.15) is 0 Å². The van der Waals surface area contributed by atoms with Gasteiger partial charge in [-0.3, -0.25) is 9.36 Å². The Morgan fingerprint density at radius 1 is 1.33 bits per heavy atom. The van der Waals surface area contributed by atoms with E-state index in [0.29, 0.717) is 33.8 Å². The number of methoxy groups -OCH3 is 1. The van der Waals surface area contributed by atoms with E-state index in [1.54, 1.807) is 7.11 Å². The zero-order valence-corrected chi connectivity index (χ0v) is 16.8. The van der Waals surface area contributed by atoms with E-state index in [-0.39, 0.29) is 5.56 Å². The minimum Gasteiger partial charge on any atom is -0.496 e. The SMILES string of the molecule is CCc1nc2scc(-c3cc(C)ccc3OC)c2c(=O)n1C(C)(C)C(=O)O. The maximum absolute atomic E-state index is 13.4. The van der Waals surface area contributed by atoms with Crippen molar-refractivity contribution in [1.82, 2.24) is 9.55 Å². The largest absolute Gasteiger partial charge is 0.496 e. The van der Waals surface area contributed by atoms with Crippen molar-refractivity contribution in [3.05, 3.63) is 45.3 Å². The number of rotatable bonds is 5. The van der Waals surface area contributed by atoms with Crippen molar-refractivity contribution >= 4 is 27.5 Å². The molecule has 0 amide bonds. The first-order valence-corrected chi connectivity index (χ1v) is 9.52.